The smallest absolute Gasteiger partial charge is 0.416 e. The number of alkyl halides is 3. The van der Waals surface area contributed by atoms with E-state index in [0.29, 0.717) is 17.2 Å². The van der Waals surface area contributed by atoms with E-state index in [0.717, 1.165) is 18.2 Å². The molecule has 0 saturated carbocycles. The number of ether oxygens (including phenoxy) is 3. The molecule has 118 valence electrons. The third-order valence-corrected chi connectivity index (χ3v) is 3.01. The standard InChI is InChI=1S/C14H8F3N3O3/c15-14(16,17)8-1-3-11(10(5-8)19-20-18)23-9-2-4-12-13(6-9)22-7-21-12/h1-6H,7H2. The summed E-state index contributed by atoms with van der Waals surface area (Å²) in [6, 6.07) is 7.36. The van der Waals surface area contributed by atoms with Crippen LogP contribution in [0.4, 0.5) is 18.9 Å². The summed E-state index contributed by atoms with van der Waals surface area (Å²) in [7, 11) is 0. The molecule has 2 aromatic rings. The number of azide groups is 1. The highest BCUT2D eigenvalue weighted by atomic mass is 19.4. The van der Waals surface area contributed by atoms with E-state index < -0.39 is 11.7 Å². The van der Waals surface area contributed by atoms with E-state index in [2.05, 4.69) is 10.0 Å². The molecule has 9 heteroatoms. The fourth-order valence-corrected chi connectivity index (χ4v) is 1.97. The van der Waals surface area contributed by atoms with Crippen molar-refractivity contribution in [3.05, 3.63) is 52.4 Å². The lowest BCUT2D eigenvalue weighted by Crippen LogP contribution is -2.04. The van der Waals surface area contributed by atoms with Gasteiger partial charge in [-0.25, -0.2) is 0 Å². The zero-order chi connectivity index (χ0) is 16.4. The average molecular weight is 323 g/mol. The van der Waals surface area contributed by atoms with Crippen molar-refractivity contribution >= 4 is 5.69 Å². The molecule has 0 N–H and O–H groups in total. The maximum atomic E-state index is 12.7. The van der Waals surface area contributed by atoms with Crippen LogP contribution in [0.5, 0.6) is 23.0 Å². The van der Waals surface area contributed by atoms with Crippen LogP contribution in [0.3, 0.4) is 0 Å². The zero-order valence-corrected chi connectivity index (χ0v) is 11.4. The Bertz CT molecular complexity index is 802. The first-order chi connectivity index (χ1) is 11.0. The van der Waals surface area contributed by atoms with Gasteiger partial charge in [-0.05, 0) is 35.9 Å². The van der Waals surface area contributed by atoms with Gasteiger partial charge in [0.25, 0.3) is 0 Å². The van der Waals surface area contributed by atoms with Gasteiger partial charge in [-0.3, -0.25) is 0 Å². The lowest BCUT2D eigenvalue weighted by atomic mass is 10.2. The van der Waals surface area contributed by atoms with E-state index in [4.69, 9.17) is 19.7 Å². The summed E-state index contributed by atoms with van der Waals surface area (Å²) in [5.74, 6) is 1.30. The van der Waals surface area contributed by atoms with E-state index in [-0.39, 0.29) is 18.2 Å². The van der Waals surface area contributed by atoms with E-state index in [1.54, 1.807) is 12.1 Å². The Morgan fingerprint density at radius 3 is 2.61 bits per heavy atom. The van der Waals surface area contributed by atoms with Crippen LogP contribution >= 0.6 is 0 Å². The summed E-state index contributed by atoms with van der Waals surface area (Å²) in [4.78, 5) is 2.52. The van der Waals surface area contributed by atoms with E-state index in [1.807, 2.05) is 0 Å². The summed E-state index contributed by atoms with van der Waals surface area (Å²) in [6.07, 6.45) is -4.54. The molecule has 1 aliphatic rings. The second kappa shape index (κ2) is 5.62. The average Bonchev–Trinajstić information content (AvgIpc) is 2.96. The first-order valence-electron chi connectivity index (χ1n) is 6.31. The van der Waals surface area contributed by atoms with E-state index in [1.165, 1.54) is 6.07 Å². The van der Waals surface area contributed by atoms with Crippen molar-refractivity contribution in [3.8, 4) is 23.0 Å². The quantitative estimate of drug-likeness (QED) is 0.444. The highest BCUT2D eigenvalue weighted by Gasteiger charge is 2.31. The normalized spacial score (nSPS) is 12.7. The largest absolute Gasteiger partial charge is 0.457 e. The van der Waals surface area contributed by atoms with Gasteiger partial charge in [0.05, 0.1) is 11.3 Å². The molecule has 1 aliphatic heterocycles. The Morgan fingerprint density at radius 2 is 1.87 bits per heavy atom. The fourth-order valence-electron chi connectivity index (χ4n) is 1.97. The minimum atomic E-state index is -4.54. The lowest BCUT2D eigenvalue weighted by molar-refractivity contribution is -0.137. The van der Waals surface area contributed by atoms with Crippen LogP contribution in [0, 0.1) is 0 Å². The maximum absolute atomic E-state index is 12.7. The van der Waals surface area contributed by atoms with Crippen molar-refractivity contribution in [1.82, 2.24) is 0 Å². The second-order valence-electron chi connectivity index (χ2n) is 4.49. The van der Waals surface area contributed by atoms with Crippen molar-refractivity contribution in [1.29, 1.82) is 0 Å². The monoisotopic (exact) mass is 323 g/mol. The summed E-state index contributed by atoms with van der Waals surface area (Å²) < 4.78 is 54.0. The first kappa shape index (κ1) is 14.9. The van der Waals surface area contributed by atoms with Crippen molar-refractivity contribution in [2.24, 2.45) is 5.11 Å². The molecule has 0 bridgehead atoms. The summed E-state index contributed by atoms with van der Waals surface area (Å²) in [5, 5.41) is 3.25. The molecule has 3 rings (SSSR count). The van der Waals surface area contributed by atoms with Crippen molar-refractivity contribution in [2.45, 2.75) is 6.18 Å². The summed E-state index contributed by atoms with van der Waals surface area (Å²) in [6.45, 7) is 0.0864. The van der Waals surface area contributed by atoms with Crippen LogP contribution in [0.15, 0.2) is 41.5 Å². The van der Waals surface area contributed by atoms with Crippen LogP contribution in [0.2, 0.25) is 0 Å². The Labute approximate surface area is 127 Å². The van der Waals surface area contributed by atoms with Gasteiger partial charge in [0.2, 0.25) is 6.79 Å². The molecule has 0 spiro atoms. The van der Waals surface area contributed by atoms with Crippen LogP contribution < -0.4 is 14.2 Å². The Morgan fingerprint density at radius 1 is 1.09 bits per heavy atom. The third-order valence-electron chi connectivity index (χ3n) is 3.01. The molecule has 0 aliphatic carbocycles. The van der Waals surface area contributed by atoms with Crippen LogP contribution in [-0.2, 0) is 6.18 Å². The van der Waals surface area contributed by atoms with E-state index >= 15 is 0 Å². The van der Waals surface area contributed by atoms with Gasteiger partial charge in [-0.15, -0.1) is 0 Å². The fraction of sp³-hybridized carbons (Fsp3) is 0.143. The molecule has 2 aromatic carbocycles. The second-order valence-corrected chi connectivity index (χ2v) is 4.49. The molecule has 6 nitrogen and oxygen atoms in total. The molecule has 23 heavy (non-hydrogen) atoms. The van der Waals surface area contributed by atoms with Crippen molar-refractivity contribution in [3.63, 3.8) is 0 Å². The van der Waals surface area contributed by atoms with Gasteiger partial charge < -0.3 is 14.2 Å². The van der Waals surface area contributed by atoms with Gasteiger partial charge in [-0.2, -0.15) is 13.2 Å². The van der Waals surface area contributed by atoms with Gasteiger partial charge in [-0.1, -0.05) is 5.11 Å². The van der Waals surface area contributed by atoms with Gasteiger partial charge in [0.15, 0.2) is 11.5 Å². The highest BCUT2D eigenvalue weighted by Crippen LogP contribution is 2.41. The Hall–Kier alpha value is -3.06. The predicted molar refractivity (Wildman–Crippen MR) is 72.9 cm³/mol. The minimum absolute atomic E-state index is 0.00494. The van der Waals surface area contributed by atoms with Gasteiger partial charge in [0.1, 0.15) is 11.5 Å². The van der Waals surface area contributed by atoms with Crippen molar-refractivity contribution < 1.29 is 27.4 Å². The number of benzene rings is 2. The van der Waals surface area contributed by atoms with Crippen LogP contribution in [0.25, 0.3) is 10.4 Å². The van der Waals surface area contributed by atoms with Crippen LogP contribution in [-0.4, -0.2) is 6.79 Å². The molecule has 0 radical (unpaired) electrons. The Balaban J connectivity index is 1.94. The number of halogens is 3. The van der Waals surface area contributed by atoms with Crippen LogP contribution in [0.1, 0.15) is 5.56 Å². The SMILES string of the molecule is [N-]=[N+]=Nc1cc(C(F)(F)F)ccc1Oc1ccc2c(c1)OCO2. The summed E-state index contributed by atoms with van der Waals surface area (Å²) >= 11 is 0. The predicted octanol–water partition coefficient (Wildman–Crippen LogP) is 5.17. The van der Waals surface area contributed by atoms with E-state index in [9.17, 15) is 13.2 Å². The van der Waals surface area contributed by atoms with Gasteiger partial charge in [0, 0.05) is 11.0 Å². The number of hydrogen-bond acceptors (Lipinski definition) is 4. The molecule has 1 heterocycles. The third kappa shape index (κ3) is 3.09. The van der Waals surface area contributed by atoms with Crippen molar-refractivity contribution in [2.75, 3.05) is 6.79 Å². The first-order valence-corrected chi connectivity index (χ1v) is 6.31. The molecule has 0 atom stereocenters. The van der Waals surface area contributed by atoms with Gasteiger partial charge >= 0.3 is 6.18 Å². The highest BCUT2D eigenvalue weighted by molar-refractivity contribution is 5.56. The molecular formula is C14H8F3N3O3. The topological polar surface area (TPSA) is 76.5 Å². The lowest BCUT2D eigenvalue weighted by Gasteiger charge is -2.12. The molecular weight excluding hydrogens is 315 g/mol. The number of fused-ring (bicyclic) bond motifs is 1. The maximum Gasteiger partial charge on any atom is 0.416 e. The molecule has 0 saturated heterocycles. The summed E-state index contributed by atoms with van der Waals surface area (Å²) in [5.41, 5.74) is 7.32. The molecule has 0 fully saturated rings. The molecule has 0 amide bonds. The number of hydrogen-bond donors (Lipinski definition) is 0. The number of nitrogens with zero attached hydrogens (tertiary/aromatic N) is 3. The minimum Gasteiger partial charge on any atom is -0.457 e. The molecule has 0 aromatic heterocycles. The Kier molecular flexibility index (Phi) is 3.63. The molecule has 0 unspecified atom stereocenters. The zero-order valence-electron chi connectivity index (χ0n) is 11.4. The number of rotatable bonds is 3.